The van der Waals surface area contributed by atoms with Crippen LogP contribution in [-0.4, -0.2) is 36.7 Å². The van der Waals surface area contributed by atoms with Crippen LogP contribution in [0, 0.1) is 5.92 Å². The lowest BCUT2D eigenvalue weighted by Gasteiger charge is -2.22. The predicted octanol–water partition coefficient (Wildman–Crippen LogP) is 3.24. The Morgan fingerprint density at radius 2 is 2.05 bits per heavy atom. The van der Waals surface area contributed by atoms with E-state index in [0.717, 1.165) is 44.3 Å². The van der Waals surface area contributed by atoms with Gasteiger partial charge in [-0.2, -0.15) is 0 Å². The molecule has 0 aromatic carbocycles. The van der Waals surface area contributed by atoms with Crippen molar-refractivity contribution in [3.63, 3.8) is 0 Å². The van der Waals surface area contributed by atoms with Gasteiger partial charge < -0.3 is 10.1 Å². The summed E-state index contributed by atoms with van der Waals surface area (Å²) in [5.74, 6) is 2.17. The van der Waals surface area contributed by atoms with Crippen molar-refractivity contribution < 1.29 is 9.53 Å². The normalized spacial score (nSPS) is 24.5. The van der Waals surface area contributed by atoms with Crippen LogP contribution in [0.3, 0.4) is 0 Å². The summed E-state index contributed by atoms with van der Waals surface area (Å²) in [6.07, 6.45) is 7.77. The molecule has 0 unspecified atom stereocenters. The average Bonchev–Trinajstić information content (AvgIpc) is 2.96. The molecule has 2 aliphatic rings. The Morgan fingerprint density at radius 3 is 2.79 bits per heavy atom. The second-order valence-electron chi connectivity index (χ2n) is 5.43. The van der Waals surface area contributed by atoms with Gasteiger partial charge in [0.05, 0.1) is 0 Å². The van der Waals surface area contributed by atoms with Gasteiger partial charge in [0.15, 0.2) is 0 Å². The van der Waals surface area contributed by atoms with Crippen LogP contribution in [0.15, 0.2) is 0 Å². The van der Waals surface area contributed by atoms with Gasteiger partial charge in [-0.25, -0.2) is 0 Å². The van der Waals surface area contributed by atoms with Crippen LogP contribution >= 0.6 is 21.6 Å². The van der Waals surface area contributed by atoms with Crippen molar-refractivity contribution in [3.8, 4) is 0 Å². The van der Waals surface area contributed by atoms with Gasteiger partial charge >= 0.3 is 0 Å². The molecule has 2 heterocycles. The number of amides is 1. The standard InChI is InChI=1S/C14H25NO2S2/c16-14(15-11-12-5-8-17-9-6-12)4-2-1-3-13-7-10-18-19-13/h12-13H,1-11H2,(H,15,16)/t13-/m0/s1. The summed E-state index contributed by atoms with van der Waals surface area (Å²) in [6.45, 7) is 2.56. The van der Waals surface area contributed by atoms with Crippen LogP contribution < -0.4 is 5.32 Å². The van der Waals surface area contributed by atoms with Gasteiger partial charge in [0, 0.05) is 37.2 Å². The molecule has 1 N–H and O–H groups in total. The fourth-order valence-electron chi connectivity index (χ4n) is 2.52. The van der Waals surface area contributed by atoms with E-state index in [0.29, 0.717) is 12.3 Å². The minimum absolute atomic E-state index is 0.236. The molecule has 110 valence electrons. The summed E-state index contributed by atoms with van der Waals surface area (Å²) in [7, 11) is 4.03. The number of nitrogens with one attached hydrogen (secondary N) is 1. The van der Waals surface area contributed by atoms with Crippen LogP contribution in [0.1, 0.15) is 44.9 Å². The molecule has 0 aliphatic carbocycles. The molecule has 3 nitrogen and oxygen atoms in total. The van der Waals surface area contributed by atoms with E-state index in [1.54, 1.807) is 0 Å². The average molecular weight is 303 g/mol. The summed E-state index contributed by atoms with van der Waals surface area (Å²) in [5.41, 5.74) is 0. The maximum absolute atomic E-state index is 11.7. The van der Waals surface area contributed by atoms with Gasteiger partial charge in [-0.15, -0.1) is 0 Å². The number of rotatable bonds is 7. The molecule has 0 spiro atoms. The van der Waals surface area contributed by atoms with Gasteiger partial charge in [-0.3, -0.25) is 4.79 Å². The second-order valence-corrected chi connectivity index (χ2v) is 8.22. The zero-order chi connectivity index (χ0) is 13.3. The summed E-state index contributed by atoms with van der Waals surface area (Å²) >= 11 is 0. The smallest absolute Gasteiger partial charge is 0.220 e. The highest BCUT2D eigenvalue weighted by Gasteiger charge is 2.16. The Hall–Kier alpha value is 0.130. The number of ether oxygens (including phenoxy) is 1. The van der Waals surface area contributed by atoms with E-state index in [2.05, 4.69) is 5.32 Å². The maximum atomic E-state index is 11.7. The fraction of sp³-hybridized carbons (Fsp3) is 0.929. The first-order valence-electron chi connectivity index (χ1n) is 7.47. The lowest BCUT2D eigenvalue weighted by atomic mass is 10.0. The first-order chi connectivity index (χ1) is 9.34. The third kappa shape index (κ3) is 6.41. The summed E-state index contributed by atoms with van der Waals surface area (Å²) in [6, 6.07) is 0. The lowest BCUT2D eigenvalue weighted by Crippen LogP contribution is -2.31. The molecule has 2 fully saturated rings. The molecule has 0 aromatic rings. The second kappa shape index (κ2) is 9.14. The molecule has 1 atom stereocenters. The third-order valence-electron chi connectivity index (χ3n) is 3.84. The van der Waals surface area contributed by atoms with Crippen molar-refractivity contribution in [1.29, 1.82) is 0 Å². The Kier molecular flexibility index (Phi) is 7.46. The Morgan fingerprint density at radius 1 is 1.21 bits per heavy atom. The fourth-order valence-corrected chi connectivity index (χ4v) is 5.55. The monoisotopic (exact) mass is 303 g/mol. The molecule has 0 aromatic heterocycles. The van der Waals surface area contributed by atoms with Gasteiger partial charge in [0.1, 0.15) is 0 Å². The lowest BCUT2D eigenvalue weighted by molar-refractivity contribution is -0.121. The van der Waals surface area contributed by atoms with E-state index in [4.69, 9.17) is 4.74 Å². The van der Waals surface area contributed by atoms with E-state index < -0.39 is 0 Å². The Balaban J connectivity index is 1.45. The zero-order valence-electron chi connectivity index (χ0n) is 11.6. The zero-order valence-corrected chi connectivity index (χ0v) is 13.2. The van der Waals surface area contributed by atoms with Crippen molar-refractivity contribution in [2.45, 2.75) is 50.2 Å². The molecule has 2 rings (SSSR count). The first kappa shape index (κ1) is 15.5. The Labute approximate surface area is 124 Å². The van der Waals surface area contributed by atoms with Crippen molar-refractivity contribution in [2.24, 2.45) is 5.92 Å². The molecule has 0 saturated carbocycles. The summed E-state index contributed by atoms with van der Waals surface area (Å²) in [5, 5.41) is 3.92. The highest BCUT2D eigenvalue weighted by atomic mass is 33.1. The van der Waals surface area contributed by atoms with Crippen LogP contribution in [0.25, 0.3) is 0 Å². The molecule has 1 amide bonds. The molecule has 2 aliphatic heterocycles. The third-order valence-corrected chi connectivity index (χ3v) is 6.84. The molecule has 19 heavy (non-hydrogen) atoms. The van der Waals surface area contributed by atoms with Crippen LogP contribution in [0.2, 0.25) is 0 Å². The molecule has 5 heteroatoms. The van der Waals surface area contributed by atoms with Gasteiger partial charge in [0.2, 0.25) is 5.91 Å². The van der Waals surface area contributed by atoms with Crippen molar-refractivity contribution in [3.05, 3.63) is 0 Å². The topological polar surface area (TPSA) is 38.3 Å². The van der Waals surface area contributed by atoms with Gasteiger partial charge in [-0.05, 0) is 38.0 Å². The van der Waals surface area contributed by atoms with E-state index in [-0.39, 0.29) is 5.91 Å². The highest BCUT2D eigenvalue weighted by molar-refractivity contribution is 8.77. The van der Waals surface area contributed by atoms with Gasteiger partial charge in [0.25, 0.3) is 0 Å². The highest BCUT2D eigenvalue weighted by Crippen LogP contribution is 2.39. The Bertz CT molecular complexity index is 264. The number of hydrogen-bond acceptors (Lipinski definition) is 4. The molecule has 2 saturated heterocycles. The minimum Gasteiger partial charge on any atom is -0.381 e. The van der Waals surface area contributed by atoms with Crippen molar-refractivity contribution in [2.75, 3.05) is 25.5 Å². The van der Waals surface area contributed by atoms with Crippen LogP contribution in [0.5, 0.6) is 0 Å². The largest absolute Gasteiger partial charge is 0.381 e. The van der Waals surface area contributed by atoms with E-state index in [1.165, 1.54) is 25.0 Å². The number of carbonyl (C=O) groups excluding carboxylic acids is 1. The molecule has 0 bridgehead atoms. The quantitative estimate of drug-likeness (QED) is 0.579. The van der Waals surface area contributed by atoms with Crippen LogP contribution in [0.4, 0.5) is 0 Å². The van der Waals surface area contributed by atoms with Gasteiger partial charge in [-0.1, -0.05) is 28.0 Å². The predicted molar refractivity (Wildman–Crippen MR) is 83.5 cm³/mol. The van der Waals surface area contributed by atoms with E-state index in [1.807, 2.05) is 21.6 Å². The summed E-state index contributed by atoms with van der Waals surface area (Å²) in [4.78, 5) is 11.7. The SMILES string of the molecule is O=C(CCCC[C@H]1CCSS1)NCC1CCOCC1. The number of hydrogen-bond donors (Lipinski definition) is 1. The number of carbonyl (C=O) groups is 1. The molecular weight excluding hydrogens is 278 g/mol. The van der Waals surface area contributed by atoms with Crippen LogP contribution in [-0.2, 0) is 9.53 Å². The van der Waals surface area contributed by atoms with Crippen molar-refractivity contribution in [1.82, 2.24) is 5.32 Å². The minimum atomic E-state index is 0.236. The number of unbranched alkanes of at least 4 members (excludes halogenated alkanes) is 1. The van der Waals surface area contributed by atoms with Crippen molar-refractivity contribution >= 4 is 27.5 Å². The maximum Gasteiger partial charge on any atom is 0.220 e. The van der Waals surface area contributed by atoms with E-state index >= 15 is 0 Å². The molecule has 0 radical (unpaired) electrons. The molecular formula is C14H25NO2S2. The summed E-state index contributed by atoms with van der Waals surface area (Å²) < 4.78 is 5.32. The van der Waals surface area contributed by atoms with E-state index in [9.17, 15) is 4.79 Å². The first-order valence-corrected chi connectivity index (χ1v) is 9.85.